The number of fused-ring (bicyclic) bond motifs is 1. The Balaban J connectivity index is 1.52. The summed E-state index contributed by atoms with van der Waals surface area (Å²) in [6.07, 6.45) is -4.19. The van der Waals surface area contributed by atoms with Crippen LogP contribution in [-0.4, -0.2) is 53.1 Å². The van der Waals surface area contributed by atoms with Gasteiger partial charge < -0.3 is 15.0 Å². The van der Waals surface area contributed by atoms with Crippen molar-refractivity contribution in [3.8, 4) is 22.9 Å². The van der Waals surface area contributed by atoms with Gasteiger partial charge in [-0.1, -0.05) is 18.2 Å². The van der Waals surface area contributed by atoms with Crippen molar-refractivity contribution < 1.29 is 36.3 Å². The fraction of sp³-hybridized carbons (Fsp3) is 0.250. The molecule has 2 amide bonds. The number of benzene rings is 2. The quantitative estimate of drug-likeness (QED) is 0.523. The van der Waals surface area contributed by atoms with Crippen molar-refractivity contribution in [1.82, 2.24) is 15.2 Å². The van der Waals surface area contributed by atoms with Crippen LogP contribution >= 0.6 is 0 Å². The third kappa shape index (κ3) is 5.51. The Morgan fingerprint density at radius 1 is 1.14 bits per heavy atom. The number of aromatic nitrogens is 1. The molecule has 3 aromatic rings. The van der Waals surface area contributed by atoms with Crippen molar-refractivity contribution in [3.05, 3.63) is 60.3 Å². The molecule has 1 aromatic heterocycles. The molecule has 36 heavy (non-hydrogen) atoms. The third-order valence-electron chi connectivity index (χ3n) is 5.55. The van der Waals surface area contributed by atoms with Crippen molar-refractivity contribution in [2.75, 3.05) is 13.1 Å². The molecule has 0 bridgehead atoms. The van der Waals surface area contributed by atoms with Gasteiger partial charge in [-0.3, -0.25) is 14.6 Å². The average Bonchev–Trinajstić information content (AvgIpc) is 3.15. The first-order chi connectivity index (χ1) is 17.0. The van der Waals surface area contributed by atoms with E-state index in [0.717, 1.165) is 17.0 Å². The Bertz CT molecular complexity index is 1350. The van der Waals surface area contributed by atoms with E-state index in [9.17, 15) is 31.5 Å². The van der Waals surface area contributed by atoms with Gasteiger partial charge in [0.25, 0.3) is 11.8 Å². The van der Waals surface area contributed by atoms with Gasteiger partial charge in [0.1, 0.15) is 11.8 Å². The van der Waals surface area contributed by atoms with E-state index in [2.05, 4.69) is 15.0 Å². The molecule has 7 nitrogen and oxygen atoms in total. The molecule has 1 fully saturated rings. The smallest absolute Gasteiger partial charge is 0.406 e. The highest BCUT2D eigenvalue weighted by molar-refractivity contribution is 6.07. The van der Waals surface area contributed by atoms with Crippen molar-refractivity contribution in [1.29, 1.82) is 5.26 Å². The number of rotatable bonds is 5. The van der Waals surface area contributed by atoms with E-state index in [1.54, 1.807) is 24.3 Å². The molecule has 2 heterocycles. The van der Waals surface area contributed by atoms with Crippen LogP contribution in [0.3, 0.4) is 0 Å². The SMILES string of the molecule is N#CC1CC(F)(F)CN1C(=O)CNC(=O)c1ccnc2ccc(-c3ccc(OC(F)(F)F)cc3)cc12. The van der Waals surface area contributed by atoms with E-state index in [1.807, 2.05) is 0 Å². The van der Waals surface area contributed by atoms with Gasteiger partial charge in [-0.15, -0.1) is 13.2 Å². The summed E-state index contributed by atoms with van der Waals surface area (Å²) in [7, 11) is 0. The number of halogens is 5. The Morgan fingerprint density at radius 3 is 2.50 bits per heavy atom. The van der Waals surface area contributed by atoms with Gasteiger partial charge in [-0.05, 0) is 41.5 Å². The number of hydrogen-bond donors (Lipinski definition) is 1. The Kier molecular flexibility index (Phi) is 6.49. The molecule has 1 unspecified atom stereocenters. The van der Waals surface area contributed by atoms with Crippen molar-refractivity contribution in [2.24, 2.45) is 0 Å². The predicted molar refractivity (Wildman–Crippen MR) is 117 cm³/mol. The maximum Gasteiger partial charge on any atom is 0.573 e. The number of nitrogens with one attached hydrogen (secondary N) is 1. The van der Waals surface area contributed by atoms with E-state index in [-0.39, 0.29) is 11.3 Å². The van der Waals surface area contributed by atoms with Crippen LogP contribution in [-0.2, 0) is 4.79 Å². The highest BCUT2D eigenvalue weighted by Gasteiger charge is 2.47. The molecule has 1 atom stereocenters. The number of carbonyl (C=O) groups excluding carboxylic acids is 2. The maximum atomic E-state index is 13.6. The lowest BCUT2D eigenvalue weighted by Crippen LogP contribution is -2.43. The van der Waals surface area contributed by atoms with E-state index < -0.39 is 49.7 Å². The number of likely N-dealkylation sites (tertiary alicyclic amines) is 1. The molecule has 1 N–H and O–H groups in total. The second-order valence-corrected chi connectivity index (χ2v) is 8.07. The Labute approximate surface area is 201 Å². The molecular weight excluding hydrogens is 487 g/mol. The molecule has 0 radical (unpaired) electrons. The fourth-order valence-corrected chi connectivity index (χ4v) is 3.92. The topological polar surface area (TPSA) is 95.3 Å². The van der Waals surface area contributed by atoms with Gasteiger partial charge in [0.15, 0.2) is 0 Å². The normalized spacial score (nSPS) is 17.0. The summed E-state index contributed by atoms with van der Waals surface area (Å²) in [4.78, 5) is 30.2. The fourth-order valence-electron chi connectivity index (χ4n) is 3.92. The summed E-state index contributed by atoms with van der Waals surface area (Å²) >= 11 is 0. The first kappa shape index (κ1) is 24.8. The van der Waals surface area contributed by atoms with E-state index >= 15 is 0 Å². The second kappa shape index (κ2) is 9.41. The maximum absolute atomic E-state index is 13.6. The molecule has 0 aliphatic carbocycles. The van der Waals surface area contributed by atoms with Gasteiger partial charge in [0.2, 0.25) is 5.91 Å². The lowest BCUT2D eigenvalue weighted by molar-refractivity contribution is -0.274. The summed E-state index contributed by atoms with van der Waals surface area (Å²) in [6, 6.07) is 11.9. The van der Waals surface area contributed by atoms with Crippen LogP contribution in [0.1, 0.15) is 16.8 Å². The van der Waals surface area contributed by atoms with Crippen LogP contribution in [0, 0.1) is 11.3 Å². The lowest BCUT2D eigenvalue weighted by atomic mass is 10.0. The van der Waals surface area contributed by atoms with Crippen LogP contribution in [0.2, 0.25) is 0 Å². The number of hydrogen-bond acceptors (Lipinski definition) is 5. The van der Waals surface area contributed by atoms with Crippen molar-refractivity contribution >= 4 is 22.7 Å². The molecule has 186 valence electrons. The first-order valence-electron chi connectivity index (χ1n) is 10.6. The Hall–Kier alpha value is -4.27. The molecular formula is C24H17F5N4O3. The van der Waals surface area contributed by atoms with Crippen LogP contribution in [0.5, 0.6) is 5.75 Å². The number of nitriles is 1. The largest absolute Gasteiger partial charge is 0.573 e. The van der Waals surface area contributed by atoms with E-state index in [0.29, 0.717) is 22.0 Å². The van der Waals surface area contributed by atoms with E-state index in [4.69, 9.17) is 5.26 Å². The van der Waals surface area contributed by atoms with Gasteiger partial charge in [0.05, 0.1) is 30.2 Å². The van der Waals surface area contributed by atoms with Gasteiger partial charge >= 0.3 is 6.36 Å². The number of amides is 2. The standard InChI is InChI=1S/C24H17F5N4O3/c25-23(26)10-16(11-30)33(13-23)21(34)12-32-22(35)18-7-8-31-20-6-3-15(9-19(18)20)14-1-4-17(5-2-14)36-24(27,28)29/h1-9,16H,10,12-13H2,(H,32,35). The molecule has 1 aliphatic heterocycles. The number of nitrogens with zero attached hydrogens (tertiary/aromatic N) is 3. The molecule has 12 heteroatoms. The van der Waals surface area contributed by atoms with Gasteiger partial charge in [-0.2, -0.15) is 5.26 Å². The summed E-state index contributed by atoms with van der Waals surface area (Å²) in [5.74, 6) is -5.03. The first-order valence-corrected chi connectivity index (χ1v) is 10.6. The van der Waals surface area contributed by atoms with Crippen LogP contribution < -0.4 is 10.1 Å². The summed E-state index contributed by atoms with van der Waals surface area (Å²) < 4.78 is 68.3. The molecule has 0 saturated carbocycles. The predicted octanol–water partition coefficient (Wildman–Crippen LogP) is 4.29. The van der Waals surface area contributed by atoms with Gasteiger partial charge in [-0.25, -0.2) is 8.78 Å². The highest BCUT2D eigenvalue weighted by atomic mass is 19.4. The zero-order valence-electron chi connectivity index (χ0n) is 18.4. The third-order valence-corrected chi connectivity index (χ3v) is 5.55. The minimum atomic E-state index is -4.81. The number of alkyl halides is 5. The van der Waals surface area contributed by atoms with Crippen LogP contribution in [0.25, 0.3) is 22.0 Å². The second-order valence-electron chi connectivity index (χ2n) is 8.07. The van der Waals surface area contributed by atoms with Crippen molar-refractivity contribution in [3.63, 3.8) is 0 Å². The molecule has 1 saturated heterocycles. The zero-order valence-corrected chi connectivity index (χ0v) is 18.4. The number of pyridine rings is 1. The van der Waals surface area contributed by atoms with Gasteiger partial charge in [0, 0.05) is 18.0 Å². The summed E-state index contributed by atoms with van der Waals surface area (Å²) in [5.41, 5.74) is 1.72. The van der Waals surface area contributed by atoms with Crippen molar-refractivity contribution in [2.45, 2.75) is 24.7 Å². The number of ether oxygens (including phenoxy) is 1. The molecule has 0 spiro atoms. The molecule has 2 aromatic carbocycles. The minimum absolute atomic E-state index is 0.148. The zero-order chi connectivity index (χ0) is 26.1. The molecule has 1 aliphatic rings. The Morgan fingerprint density at radius 2 is 1.83 bits per heavy atom. The summed E-state index contributed by atoms with van der Waals surface area (Å²) in [6.45, 7) is -1.48. The van der Waals surface area contributed by atoms with Crippen LogP contribution in [0.4, 0.5) is 22.0 Å². The monoisotopic (exact) mass is 504 g/mol. The van der Waals surface area contributed by atoms with Crippen LogP contribution in [0.15, 0.2) is 54.7 Å². The highest BCUT2D eigenvalue weighted by Crippen LogP contribution is 2.32. The molecule has 4 rings (SSSR count). The lowest BCUT2D eigenvalue weighted by Gasteiger charge is -2.19. The number of carbonyl (C=O) groups is 2. The summed E-state index contributed by atoms with van der Waals surface area (Å²) in [5, 5.41) is 11.8. The van der Waals surface area contributed by atoms with E-state index in [1.165, 1.54) is 24.4 Å². The minimum Gasteiger partial charge on any atom is -0.406 e. The average molecular weight is 504 g/mol.